The quantitative estimate of drug-likeness (QED) is 0.137. The molecule has 23 aromatic carbocycles. The maximum atomic E-state index is 5.54. The molecule has 29 aromatic rings. The van der Waals surface area contributed by atoms with E-state index in [4.69, 9.17) is 19.9 Å². The summed E-state index contributed by atoms with van der Waals surface area (Å²) >= 11 is 0. The number of benzene rings is 23. The van der Waals surface area contributed by atoms with Gasteiger partial charge in [-0.25, -0.2) is 19.9 Å². The highest BCUT2D eigenvalue weighted by molar-refractivity contribution is 6.26. The van der Waals surface area contributed by atoms with E-state index in [1.54, 1.807) is 0 Å². The summed E-state index contributed by atoms with van der Waals surface area (Å²) in [5.41, 5.74) is 29.6. The fourth-order valence-electron chi connectivity index (χ4n) is 22.2. The highest BCUT2D eigenvalue weighted by atomic mass is 15.0. The van der Waals surface area contributed by atoms with Crippen molar-refractivity contribution in [2.45, 2.75) is 0 Å². The minimum Gasteiger partial charge on any atom is -0.309 e. The van der Waals surface area contributed by atoms with E-state index >= 15 is 0 Å². The van der Waals surface area contributed by atoms with Crippen LogP contribution >= 0.6 is 0 Å². The molecular weight excluding hydrogens is 1650 g/mol. The summed E-state index contributed by atoms with van der Waals surface area (Å²) in [5, 5.41) is 26.7. The smallest absolute Gasteiger partial charge is 0.0979 e. The lowest BCUT2D eigenvalue weighted by molar-refractivity contribution is 1.17. The van der Waals surface area contributed by atoms with Crippen LogP contribution in [0.2, 0.25) is 0 Å². The van der Waals surface area contributed by atoms with Gasteiger partial charge in [0.25, 0.3) is 0 Å². The first-order valence-corrected chi connectivity index (χ1v) is 46.5. The van der Waals surface area contributed by atoms with Gasteiger partial charge >= 0.3 is 0 Å². The summed E-state index contributed by atoms with van der Waals surface area (Å²) in [5.74, 6) is 0. The minimum atomic E-state index is 0.841. The normalized spacial score (nSPS) is 12.0. The average molecular weight is 1730 g/mol. The van der Waals surface area contributed by atoms with Crippen LogP contribution in [0.5, 0.6) is 0 Å². The van der Waals surface area contributed by atoms with E-state index < -0.39 is 0 Å². The minimum absolute atomic E-state index is 0.841. The molecule has 0 aliphatic carbocycles. The van der Waals surface area contributed by atoms with Gasteiger partial charge in [-0.2, -0.15) is 0 Å². The molecule has 0 amide bonds. The number of hydrogen-bond donors (Lipinski definition) is 0. The molecule has 0 saturated carbocycles. The van der Waals surface area contributed by atoms with Gasteiger partial charge < -0.3 is 18.3 Å². The molecule has 0 aliphatic heterocycles. The Labute approximate surface area is 780 Å². The fraction of sp³-hybridized carbons (Fsp3) is 0. The van der Waals surface area contributed by atoms with Crippen LogP contribution in [0, 0.1) is 0 Å². The predicted molar refractivity (Wildman–Crippen MR) is 572 cm³/mol. The number of hydrogen-bond acceptors (Lipinski definition) is 4. The monoisotopic (exact) mass is 1730 g/mol. The summed E-state index contributed by atoms with van der Waals surface area (Å²) in [6.45, 7) is 0. The SMILES string of the molecule is c1ccc(-c2cc(-c3ccccc3)cc(-c3nc4ccccc4nc3-c3cccc4c(-n5c6cc7ccccc7cc6c6c(-n7c8ccccc8c8c9ccccc9ccc87)cccc65)cccc34)c2)cc1.c1ccc2cc3c(cc2c1)c1c(-n2c4ccccc4c4c5ccccc5ccc42)cccc1n3-c1ccc2cc(-c3nc4ccccc4nc3-c3cccc4ccccc34)ccc2c1. The Morgan fingerprint density at radius 2 is 0.478 bits per heavy atom. The van der Waals surface area contributed by atoms with E-state index in [0.717, 1.165) is 150 Å². The Kier molecular flexibility index (Phi) is 17.3. The molecule has 29 rings (SSSR count). The van der Waals surface area contributed by atoms with Crippen LogP contribution in [-0.4, -0.2) is 38.2 Å². The van der Waals surface area contributed by atoms with E-state index in [2.05, 4.69) is 461 Å². The summed E-state index contributed by atoms with van der Waals surface area (Å²) in [4.78, 5) is 21.6. The first kappa shape index (κ1) is 76.6. The molecule has 136 heavy (non-hydrogen) atoms. The molecule has 8 nitrogen and oxygen atoms in total. The first-order valence-electron chi connectivity index (χ1n) is 46.5. The maximum Gasteiger partial charge on any atom is 0.0979 e. The molecule has 0 atom stereocenters. The standard InChI is InChI=1S/C68H42N4.C60H36N4/c1-3-18-43(19-4-1)48-38-49(44-20-5-2-6-21-44)40-50(39-48)67-68(70-58-31-13-12-30-57(58)69-67)54-29-15-28-53-52(54)27-16-33-59(53)72-62-35-17-34-61(66(62)56-41-46-23-7-8-24-47(46)42-64(56)72)71-60-32-14-11-26-55(60)65-51-25-10-9-22-45(51)36-37-63(65)71;1-2-16-40-36-56-49(35-39(40)15-1)58-53(25-12-26-54(58)64-52-24-10-7-20-48(52)57-46-19-6-4-14-38(46)30-32-55(57)64)63(56)44-31-29-41-33-43(28-27-42(41)34-44)59-60(62-51-23-9-8-22-50(51)61-59)47-21-11-17-37-13-3-5-18-45(37)47/h1-42H;1-36H. The van der Waals surface area contributed by atoms with Crippen molar-refractivity contribution in [1.82, 2.24) is 38.2 Å². The summed E-state index contributed by atoms with van der Waals surface area (Å²) < 4.78 is 9.95. The first-order chi connectivity index (χ1) is 67.4. The Morgan fingerprint density at radius 1 is 0.140 bits per heavy atom. The van der Waals surface area contributed by atoms with Gasteiger partial charge in [0.15, 0.2) is 0 Å². The zero-order chi connectivity index (χ0) is 89.2. The van der Waals surface area contributed by atoms with Crippen molar-refractivity contribution in [3.8, 4) is 90.0 Å². The zero-order valence-corrected chi connectivity index (χ0v) is 73.6. The van der Waals surface area contributed by atoms with Gasteiger partial charge in [0.05, 0.1) is 106 Å². The maximum absolute atomic E-state index is 5.54. The number of nitrogens with zero attached hydrogens (tertiary/aromatic N) is 8. The third-order valence-corrected chi connectivity index (χ3v) is 28.2. The van der Waals surface area contributed by atoms with Gasteiger partial charge in [0.1, 0.15) is 0 Å². The van der Waals surface area contributed by atoms with Gasteiger partial charge in [-0.3, -0.25) is 0 Å². The largest absolute Gasteiger partial charge is 0.309 e. The molecule has 0 N–H and O–H groups in total. The molecule has 0 aliphatic rings. The third kappa shape index (κ3) is 12.1. The molecule has 630 valence electrons. The molecule has 0 radical (unpaired) electrons. The molecule has 0 unspecified atom stereocenters. The summed E-state index contributed by atoms with van der Waals surface area (Å²) in [6, 6.07) is 172. The van der Waals surface area contributed by atoms with E-state index in [-0.39, 0.29) is 0 Å². The summed E-state index contributed by atoms with van der Waals surface area (Å²) in [7, 11) is 0. The topological polar surface area (TPSA) is 71.3 Å². The third-order valence-electron chi connectivity index (χ3n) is 28.2. The average Bonchev–Trinajstić information content (AvgIpc) is 1.54. The lowest BCUT2D eigenvalue weighted by Crippen LogP contribution is -1.99. The van der Waals surface area contributed by atoms with Crippen molar-refractivity contribution in [1.29, 1.82) is 0 Å². The van der Waals surface area contributed by atoms with E-state index in [0.29, 0.717) is 0 Å². The van der Waals surface area contributed by atoms with Crippen LogP contribution in [-0.2, 0) is 0 Å². The van der Waals surface area contributed by atoms with E-state index in [9.17, 15) is 0 Å². The Bertz CT molecular complexity index is 10000. The highest BCUT2D eigenvalue weighted by Crippen LogP contribution is 2.49. The van der Waals surface area contributed by atoms with Crippen molar-refractivity contribution in [2.24, 2.45) is 0 Å². The molecule has 0 fully saturated rings. The van der Waals surface area contributed by atoms with Crippen LogP contribution in [0.3, 0.4) is 0 Å². The molecule has 0 bridgehead atoms. The molecular formula is C128H78N8. The van der Waals surface area contributed by atoms with E-state index in [1.165, 1.54) is 125 Å². The predicted octanol–water partition coefficient (Wildman–Crippen LogP) is 33.7. The van der Waals surface area contributed by atoms with E-state index in [1.807, 2.05) is 30.3 Å². The molecule has 0 spiro atoms. The highest BCUT2D eigenvalue weighted by Gasteiger charge is 2.28. The lowest BCUT2D eigenvalue weighted by Gasteiger charge is -2.17. The van der Waals surface area contributed by atoms with Crippen molar-refractivity contribution in [3.05, 3.63) is 473 Å². The Morgan fingerprint density at radius 3 is 1.03 bits per heavy atom. The van der Waals surface area contributed by atoms with Gasteiger partial charge in [-0.1, -0.05) is 334 Å². The summed E-state index contributed by atoms with van der Waals surface area (Å²) in [6.07, 6.45) is 0. The van der Waals surface area contributed by atoms with Crippen LogP contribution in [0.1, 0.15) is 0 Å². The van der Waals surface area contributed by atoms with Gasteiger partial charge in [0, 0.05) is 76.4 Å². The number of rotatable bonds is 10. The number of fused-ring (bicyclic) bond motifs is 23. The Hall–Kier alpha value is -18.2. The van der Waals surface area contributed by atoms with Crippen LogP contribution < -0.4 is 0 Å². The van der Waals surface area contributed by atoms with Crippen molar-refractivity contribution < 1.29 is 0 Å². The van der Waals surface area contributed by atoms with Crippen LogP contribution in [0.4, 0.5) is 0 Å². The van der Waals surface area contributed by atoms with Crippen molar-refractivity contribution in [3.63, 3.8) is 0 Å². The Balaban J connectivity index is 0.000000136. The van der Waals surface area contributed by atoms with Gasteiger partial charge in [-0.15, -0.1) is 0 Å². The molecule has 8 heteroatoms. The number of para-hydroxylation sites is 6. The van der Waals surface area contributed by atoms with Crippen molar-refractivity contribution >= 4 is 185 Å². The van der Waals surface area contributed by atoms with Crippen molar-refractivity contribution in [2.75, 3.05) is 0 Å². The van der Waals surface area contributed by atoms with Crippen LogP contribution in [0.25, 0.3) is 275 Å². The number of aromatic nitrogens is 8. The second kappa shape index (κ2) is 30.7. The van der Waals surface area contributed by atoms with Gasteiger partial charge in [-0.05, 0) is 232 Å². The lowest BCUT2D eigenvalue weighted by atomic mass is 9.92. The molecule has 6 heterocycles. The molecule has 0 saturated heterocycles. The second-order valence-corrected chi connectivity index (χ2v) is 35.8. The van der Waals surface area contributed by atoms with Crippen LogP contribution in [0.15, 0.2) is 473 Å². The zero-order valence-electron chi connectivity index (χ0n) is 73.6. The second-order valence-electron chi connectivity index (χ2n) is 35.8. The molecule has 6 aromatic heterocycles. The van der Waals surface area contributed by atoms with Gasteiger partial charge in [0.2, 0.25) is 0 Å². The fourth-order valence-corrected chi connectivity index (χ4v) is 22.2.